The molecule has 2 unspecified atom stereocenters. The fourth-order valence-electron chi connectivity index (χ4n) is 6.76. The Labute approximate surface area is 200 Å². The van der Waals surface area contributed by atoms with Gasteiger partial charge >= 0.3 is 6.03 Å². The number of rotatable bonds is 7. The van der Waals surface area contributed by atoms with Gasteiger partial charge in [0.1, 0.15) is 5.75 Å². The van der Waals surface area contributed by atoms with Gasteiger partial charge in [-0.05, 0) is 112 Å². The van der Waals surface area contributed by atoms with Crippen molar-refractivity contribution in [2.75, 3.05) is 7.05 Å². The lowest BCUT2D eigenvalue weighted by atomic mass is 9.61. The van der Waals surface area contributed by atoms with E-state index in [0.29, 0.717) is 0 Å². The minimum Gasteiger partial charge on any atom is -0.490 e. The first-order valence-corrected chi connectivity index (χ1v) is 13.1. The van der Waals surface area contributed by atoms with Crippen LogP contribution in [0.25, 0.3) is 5.70 Å². The molecule has 3 N–H and O–H groups in total. The predicted molar refractivity (Wildman–Crippen MR) is 135 cm³/mol. The summed E-state index contributed by atoms with van der Waals surface area (Å²) in [5.74, 6) is 3.32. The van der Waals surface area contributed by atoms with Crippen molar-refractivity contribution in [1.82, 2.24) is 16.0 Å². The molecular weight excluding hydrogens is 410 g/mol. The number of carbonyl (C=O) groups excluding carboxylic acids is 1. The van der Waals surface area contributed by atoms with Gasteiger partial charge in [-0.15, -0.1) is 0 Å². The zero-order chi connectivity index (χ0) is 23.4. The predicted octanol–water partition coefficient (Wildman–Crippen LogP) is 5.86. The number of ether oxygens (including phenoxy) is 1. The molecule has 1 aromatic rings. The van der Waals surface area contributed by atoms with E-state index in [2.05, 4.69) is 36.4 Å². The van der Waals surface area contributed by atoms with Gasteiger partial charge in [-0.25, -0.2) is 4.79 Å². The molecule has 3 saturated carbocycles. The SMILES string of the molecule is C=C(NC)c1ccc(O[C@H]2CC[C@H](NC(=O)NC3(CC)CC4CC(C)CC(C4)C3)CC2)cc1. The minimum atomic E-state index is -0.0110. The summed E-state index contributed by atoms with van der Waals surface area (Å²) in [5.41, 5.74) is 1.97. The van der Waals surface area contributed by atoms with Gasteiger partial charge < -0.3 is 20.7 Å². The molecule has 0 aliphatic heterocycles. The summed E-state index contributed by atoms with van der Waals surface area (Å²) >= 11 is 0. The zero-order valence-corrected chi connectivity index (χ0v) is 20.8. The van der Waals surface area contributed by atoms with Gasteiger partial charge in [-0.1, -0.05) is 20.4 Å². The Balaban J connectivity index is 1.22. The zero-order valence-electron chi connectivity index (χ0n) is 20.8. The van der Waals surface area contributed by atoms with Crippen LogP contribution < -0.4 is 20.7 Å². The second kappa shape index (κ2) is 10.4. The quantitative estimate of drug-likeness (QED) is 0.484. The fourth-order valence-corrected chi connectivity index (χ4v) is 6.76. The van der Waals surface area contributed by atoms with Crippen LogP contribution in [0.2, 0.25) is 0 Å². The van der Waals surface area contributed by atoms with E-state index in [0.717, 1.165) is 79.7 Å². The number of hydrogen-bond donors (Lipinski definition) is 3. The van der Waals surface area contributed by atoms with E-state index in [1.807, 2.05) is 31.3 Å². The summed E-state index contributed by atoms with van der Waals surface area (Å²) in [4.78, 5) is 12.9. The second-order valence-corrected chi connectivity index (χ2v) is 11.0. The van der Waals surface area contributed by atoms with Gasteiger partial charge in [0.25, 0.3) is 0 Å². The standard InChI is InChI=1S/C28H43N3O2/c1-5-28(17-21-14-19(2)15-22(16-21)18-28)31-27(32)30-24-8-12-26(13-9-24)33-25-10-6-23(7-11-25)20(3)29-4/h6-7,10-11,19,21-22,24,26,29H,3,5,8-9,12-18H2,1-2,4H3,(H2,30,31,32)/t19?,21?,22?,24-,26-,28?. The first kappa shape index (κ1) is 24.0. The molecule has 3 aliphatic carbocycles. The van der Waals surface area contributed by atoms with E-state index in [-0.39, 0.29) is 23.7 Å². The maximum atomic E-state index is 12.9. The lowest BCUT2D eigenvalue weighted by Crippen LogP contribution is -2.58. The highest BCUT2D eigenvalue weighted by molar-refractivity contribution is 5.75. The second-order valence-electron chi connectivity index (χ2n) is 11.0. The van der Waals surface area contributed by atoms with E-state index in [1.165, 1.54) is 19.3 Å². The smallest absolute Gasteiger partial charge is 0.315 e. The van der Waals surface area contributed by atoms with Crippen molar-refractivity contribution in [2.24, 2.45) is 17.8 Å². The maximum Gasteiger partial charge on any atom is 0.315 e. The Morgan fingerprint density at radius 3 is 2.27 bits per heavy atom. The molecule has 182 valence electrons. The van der Waals surface area contributed by atoms with Crippen molar-refractivity contribution >= 4 is 11.7 Å². The van der Waals surface area contributed by atoms with Crippen LogP contribution in [0.3, 0.4) is 0 Å². The first-order valence-electron chi connectivity index (χ1n) is 13.1. The van der Waals surface area contributed by atoms with Crippen LogP contribution in [0.15, 0.2) is 30.8 Å². The summed E-state index contributed by atoms with van der Waals surface area (Å²) in [5, 5.41) is 9.81. The van der Waals surface area contributed by atoms with Crippen molar-refractivity contribution in [3.63, 3.8) is 0 Å². The summed E-state index contributed by atoms with van der Waals surface area (Å²) in [6, 6.07) is 8.38. The molecule has 2 bridgehead atoms. The molecule has 3 fully saturated rings. The van der Waals surface area contributed by atoms with Gasteiger partial charge in [0.2, 0.25) is 0 Å². The summed E-state index contributed by atoms with van der Waals surface area (Å²) in [6.07, 6.45) is 11.5. The molecule has 0 aromatic heterocycles. The number of hydrogen-bond acceptors (Lipinski definition) is 3. The maximum absolute atomic E-state index is 12.9. The van der Waals surface area contributed by atoms with Gasteiger partial charge in [-0.2, -0.15) is 0 Å². The lowest BCUT2D eigenvalue weighted by Gasteiger charge is -2.49. The normalized spacial score (nSPS) is 33.6. The molecule has 0 saturated heterocycles. The van der Waals surface area contributed by atoms with Crippen molar-refractivity contribution in [2.45, 2.75) is 95.7 Å². The molecule has 4 rings (SSSR count). The first-order chi connectivity index (χ1) is 15.9. The average molecular weight is 454 g/mol. The highest BCUT2D eigenvalue weighted by Crippen LogP contribution is 2.47. The summed E-state index contributed by atoms with van der Waals surface area (Å²) < 4.78 is 6.20. The van der Waals surface area contributed by atoms with Crippen LogP contribution in [0.5, 0.6) is 5.75 Å². The molecule has 2 atom stereocenters. The Hall–Kier alpha value is -2.17. The molecule has 0 spiro atoms. The lowest BCUT2D eigenvalue weighted by molar-refractivity contribution is 0.0661. The molecule has 0 radical (unpaired) electrons. The van der Waals surface area contributed by atoms with E-state index in [4.69, 9.17) is 4.74 Å². The van der Waals surface area contributed by atoms with Crippen molar-refractivity contribution in [3.05, 3.63) is 36.4 Å². The Morgan fingerprint density at radius 1 is 1.06 bits per heavy atom. The van der Waals surface area contributed by atoms with Crippen LogP contribution in [0.1, 0.15) is 83.6 Å². The van der Waals surface area contributed by atoms with E-state index >= 15 is 0 Å². The van der Waals surface area contributed by atoms with Gasteiger partial charge in [0.15, 0.2) is 0 Å². The monoisotopic (exact) mass is 453 g/mol. The number of nitrogens with one attached hydrogen (secondary N) is 3. The summed E-state index contributed by atoms with van der Waals surface area (Å²) in [7, 11) is 1.88. The molecule has 0 heterocycles. The van der Waals surface area contributed by atoms with Gasteiger partial charge in [0, 0.05) is 24.3 Å². The number of urea groups is 1. The van der Waals surface area contributed by atoms with Crippen LogP contribution in [0, 0.1) is 17.8 Å². The van der Waals surface area contributed by atoms with Crippen molar-refractivity contribution in [1.29, 1.82) is 0 Å². The summed E-state index contributed by atoms with van der Waals surface area (Å²) in [6.45, 7) is 8.63. The van der Waals surface area contributed by atoms with Crippen LogP contribution in [-0.4, -0.2) is 30.8 Å². The molecular formula is C28H43N3O2. The van der Waals surface area contributed by atoms with E-state index < -0.39 is 0 Å². The van der Waals surface area contributed by atoms with Gasteiger partial charge in [0.05, 0.1) is 6.10 Å². The highest BCUT2D eigenvalue weighted by Gasteiger charge is 2.43. The van der Waals surface area contributed by atoms with Crippen LogP contribution >= 0.6 is 0 Å². The Bertz CT molecular complexity index is 795. The third-order valence-electron chi connectivity index (χ3n) is 8.37. The van der Waals surface area contributed by atoms with Crippen LogP contribution in [-0.2, 0) is 0 Å². The van der Waals surface area contributed by atoms with Gasteiger partial charge in [-0.3, -0.25) is 0 Å². The molecule has 1 aromatic carbocycles. The number of benzene rings is 1. The number of fused-ring (bicyclic) bond motifs is 2. The van der Waals surface area contributed by atoms with E-state index in [9.17, 15) is 4.79 Å². The number of carbonyl (C=O) groups is 1. The third-order valence-corrected chi connectivity index (χ3v) is 8.37. The van der Waals surface area contributed by atoms with Crippen LogP contribution in [0.4, 0.5) is 4.79 Å². The third kappa shape index (κ3) is 6.04. The molecule has 3 aliphatic rings. The topological polar surface area (TPSA) is 62.4 Å². The van der Waals surface area contributed by atoms with Crippen molar-refractivity contribution in [3.8, 4) is 5.75 Å². The Morgan fingerprint density at radius 2 is 1.70 bits per heavy atom. The minimum absolute atomic E-state index is 0.0110. The molecule has 5 heteroatoms. The Kier molecular flexibility index (Phi) is 7.55. The average Bonchev–Trinajstić information content (AvgIpc) is 2.79. The van der Waals surface area contributed by atoms with E-state index in [1.54, 1.807) is 0 Å². The number of amides is 2. The molecule has 2 amide bonds. The fraction of sp³-hybridized carbons (Fsp3) is 0.679. The molecule has 5 nitrogen and oxygen atoms in total. The highest BCUT2D eigenvalue weighted by atomic mass is 16.5. The molecule has 33 heavy (non-hydrogen) atoms. The van der Waals surface area contributed by atoms with Crippen molar-refractivity contribution < 1.29 is 9.53 Å². The largest absolute Gasteiger partial charge is 0.490 e.